The standard InChI is InChI=1S/C21H20ClN3O3S/c1-14-23-20-10-11-25(29(26,27)18-5-3-4-17(12-18)28-2)13-19(20)21(24-14)15-6-8-16(22)9-7-15/h3-9,12H,10-11,13H2,1-2H3. The number of benzene rings is 2. The van der Waals surface area contributed by atoms with Crippen LogP contribution in [0.15, 0.2) is 53.4 Å². The van der Waals surface area contributed by atoms with Gasteiger partial charge >= 0.3 is 0 Å². The highest BCUT2D eigenvalue weighted by Gasteiger charge is 2.35. The fourth-order valence-electron chi connectivity index (χ4n) is 3.48. The number of rotatable bonds is 4. The predicted octanol–water partition coefficient (Wildman–Crippen LogP) is 4.08. The van der Waals surface area contributed by atoms with Gasteiger partial charge in [0.15, 0.2) is 15.3 Å². The van der Waals surface area contributed by atoms with E-state index < -0.39 is 10.4 Å². The molecule has 4 rings (SSSR count). The van der Waals surface area contributed by atoms with Crippen LogP contribution < -0.4 is 4.74 Å². The van der Waals surface area contributed by atoms with Crippen LogP contribution in [-0.2, 0) is 27.6 Å². The molecule has 2 heterocycles. The number of aryl methyl sites for hydroxylation is 1. The van der Waals surface area contributed by atoms with Crippen molar-refractivity contribution in [2.24, 2.45) is 0 Å². The summed E-state index contributed by atoms with van der Waals surface area (Å²) in [6.07, 6.45) is 0.530. The molecule has 6 nitrogen and oxygen atoms in total. The molecular weight excluding hydrogens is 410 g/mol. The van der Waals surface area contributed by atoms with Crippen molar-refractivity contribution in [1.29, 1.82) is 0 Å². The van der Waals surface area contributed by atoms with Crippen molar-refractivity contribution in [3.63, 3.8) is 0 Å². The summed E-state index contributed by atoms with van der Waals surface area (Å²) in [6, 6.07) is 13.9. The van der Waals surface area contributed by atoms with Crippen LogP contribution in [0.25, 0.3) is 11.3 Å². The van der Waals surface area contributed by atoms with Crippen molar-refractivity contribution >= 4 is 22.0 Å². The highest BCUT2D eigenvalue weighted by molar-refractivity contribution is 7.95. The molecule has 0 saturated heterocycles. The second-order valence-corrected chi connectivity index (χ2v) is 9.19. The highest BCUT2D eigenvalue weighted by atomic mass is 35.5. The predicted molar refractivity (Wildman–Crippen MR) is 111 cm³/mol. The molecule has 2 aromatic carbocycles. The SMILES string of the molecule is COc1cccc([S+](=O)([O-])N2CCc3nc(C)nc(-c4ccc(Cl)cc4)c3C2)c1. The molecule has 0 amide bonds. The van der Waals surface area contributed by atoms with E-state index >= 15 is 0 Å². The van der Waals surface area contributed by atoms with Crippen molar-refractivity contribution < 1.29 is 13.5 Å². The topological polar surface area (TPSA) is 78.4 Å². The van der Waals surface area contributed by atoms with Gasteiger partial charge in [-0.25, -0.2) is 9.97 Å². The number of hydrogen-bond donors (Lipinski definition) is 0. The first kappa shape index (κ1) is 20.0. The summed E-state index contributed by atoms with van der Waals surface area (Å²) in [5.74, 6) is 1.17. The fourth-order valence-corrected chi connectivity index (χ4v) is 5.05. The Labute approximate surface area is 175 Å². The molecule has 0 spiro atoms. The minimum absolute atomic E-state index is 0.210. The first-order valence-electron chi connectivity index (χ1n) is 9.15. The number of fused-ring (bicyclic) bond motifs is 1. The lowest BCUT2D eigenvalue weighted by Crippen LogP contribution is -2.40. The minimum atomic E-state index is -3.68. The molecule has 29 heavy (non-hydrogen) atoms. The van der Waals surface area contributed by atoms with Crippen LogP contribution in [0.2, 0.25) is 5.02 Å². The van der Waals surface area contributed by atoms with Crippen molar-refractivity contribution in [2.45, 2.75) is 24.8 Å². The van der Waals surface area contributed by atoms with Crippen molar-refractivity contribution in [3.05, 3.63) is 70.6 Å². The van der Waals surface area contributed by atoms with Crippen molar-refractivity contribution in [1.82, 2.24) is 14.3 Å². The molecule has 150 valence electrons. The smallest absolute Gasteiger partial charge is 0.179 e. The van der Waals surface area contributed by atoms with E-state index in [2.05, 4.69) is 9.97 Å². The number of halogens is 1. The maximum absolute atomic E-state index is 13.2. The van der Waals surface area contributed by atoms with E-state index in [1.165, 1.54) is 17.5 Å². The van der Waals surface area contributed by atoms with Crippen LogP contribution in [0.3, 0.4) is 0 Å². The van der Waals surface area contributed by atoms with E-state index in [9.17, 15) is 8.76 Å². The number of nitrogens with zero attached hydrogens (tertiary/aromatic N) is 3. The zero-order valence-corrected chi connectivity index (χ0v) is 17.7. The van der Waals surface area contributed by atoms with Gasteiger partial charge in [-0.15, -0.1) is 4.31 Å². The average molecular weight is 430 g/mol. The molecule has 8 heteroatoms. The fraction of sp³-hybridized carbons (Fsp3) is 0.238. The van der Waals surface area contributed by atoms with Crippen LogP contribution >= 0.6 is 11.6 Å². The third-order valence-corrected chi connectivity index (χ3v) is 7.03. The van der Waals surface area contributed by atoms with Gasteiger partial charge in [0.05, 0.1) is 31.6 Å². The van der Waals surface area contributed by atoms with Gasteiger partial charge < -0.3 is 9.29 Å². The Bertz CT molecular complexity index is 1100. The van der Waals surface area contributed by atoms with E-state index in [1.807, 2.05) is 19.1 Å². The second-order valence-electron chi connectivity index (χ2n) is 6.82. The molecular formula is C21H20ClN3O3S. The molecule has 3 aromatic rings. The molecule has 0 fully saturated rings. The van der Waals surface area contributed by atoms with Crippen LogP contribution in [0.1, 0.15) is 17.1 Å². The number of ether oxygens (including phenoxy) is 1. The van der Waals surface area contributed by atoms with Crippen LogP contribution in [0.4, 0.5) is 0 Å². The summed E-state index contributed by atoms with van der Waals surface area (Å²) >= 11 is 6.02. The quantitative estimate of drug-likeness (QED) is 0.584. The van der Waals surface area contributed by atoms with Crippen LogP contribution in [0.5, 0.6) is 5.75 Å². The number of hydrogen-bond acceptors (Lipinski definition) is 5. The number of methoxy groups -OCH3 is 1. The molecule has 0 aliphatic carbocycles. The van der Waals surface area contributed by atoms with Gasteiger partial charge in [-0.05, 0) is 31.2 Å². The summed E-state index contributed by atoms with van der Waals surface area (Å²) < 4.78 is 33.1. The van der Waals surface area contributed by atoms with E-state index in [1.54, 1.807) is 30.3 Å². The van der Waals surface area contributed by atoms with Gasteiger partial charge in [0, 0.05) is 28.6 Å². The zero-order chi connectivity index (χ0) is 20.6. The Morgan fingerprint density at radius 3 is 2.66 bits per heavy atom. The minimum Gasteiger partial charge on any atom is -0.593 e. The third kappa shape index (κ3) is 3.91. The first-order chi connectivity index (χ1) is 13.9. The summed E-state index contributed by atoms with van der Waals surface area (Å²) in [5, 5.41) is 0.635. The maximum Gasteiger partial charge on any atom is 0.179 e. The molecule has 1 unspecified atom stereocenters. The summed E-state index contributed by atoms with van der Waals surface area (Å²) in [7, 11) is -2.16. The molecule has 1 aromatic heterocycles. The zero-order valence-electron chi connectivity index (χ0n) is 16.1. The Morgan fingerprint density at radius 2 is 1.93 bits per heavy atom. The number of sulfonamides is 1. The normalized spacial score (nSPS) is 16.1. The average Bonchev–Trinajstić information content (AvgIpc) is 2.73. The van der Waals surface area contributed by atoms with Crippen molar-refractivity contribution in [2.75, 3.05) is 13.7 Å². The lowest BCUT2D eigenvalue weighted by Gasteiger charge is -2.32. The Morgan fingerprint density at radius 1 is 1.17 bits per heavy atom. The maximum atomic E-state index is 13.2. The summed E-state index contributed by atoms with van der Waals surface area (Å²) in [4.78, 5) is 9.37. The molecule has 0 bridgehead atoms. The monoisotopic (exact) mass is 429 g/mol. The van der Waals surface area contributed by atoms with E-state index in [-0.39, 0.29) is 11.4 Å². The van der Waals surface area contributed by atoms with Gasteiger partial charge in [-0.2, -0.15) is 0 Å². The largest absolute Gasteiger partial charge is 0.593 e. The van der Waals surface area contributed by atoms with E-state index in [0.29, 0.717) is 29.6 Å². The Balaban J connectivity index is 1.74. The van der Waals surface area contributed by atoms with Gasteiger partial charge in [0.1, 0.15) is 11.6 Å². The van der Waals surface area contributed by atoms with Gasteiger partial charge in [-0.1, -0.05) is 34.0 Å². The second kappa shape index (κ2) is 7.84. The molecule has 1 atom stereocenters. The van der Waals surface area contributed by atoms with Crippen LogP contribution in [-0.4, -0.2) is 32.5 Å². The Hall–Kier alpha value is -2.32. The first-order valence-corrected chi connectivity index (χ1v) is 11.0. The molecule has 0 N–H and O–H groups in total. The number of aromatic nitrogens is 2. The molecule has 0 saturated carbocycles. The highest BCUT2D eigenvalue weighted by Crippen LogP contribution is 2.33. The van der Waals surface area contributed by atoms with Gasteiger partial charge in [0.25, 0.3) is 0 Å². The third-order valence-electron chi connectivity index (χ3n) is 4.93. The molecule has 1 aliphatic rings. The van der Waals surface area contributed by atoms with Gasteiger partial charge in [-0.3, -0.25) is 0 Å². The lowest BCUT2D eigenvalue weighted by atomic mass is 10.0. The summed E-state index contributed by atoms with van der Waals surface area (Å²) in [6.45, 7) is 2.43. The lowest BCUT2D eigenvalue weighted by molar-refractivity contribution is 0.336. The Kier molecular flexibility index (Phi) is 5.40. The van der Waals surface area contributed by atoms with E-state index in [0.717, 1.165) is 22.5 Å². The van der Waals surface area contributed by atoms with E-state index in [4.69, 9.17) is 16.3 Å². The van der Waals surface area contributed by atoms with Gasteiger partial charge in [0.2, 0.25) is 0 Å². The van der Waals surface area contributed by atoms with Crippen molar-refractivity contribution in [3.8, 4) is 17.0 Å². The molecule has 1 aliphatic heterocycles. The summed E-state index contributed by atoms with van der Waals surface area (Å²) in [5.41, 5.74) is 3.35. The molecule has 0 radical (unpaired) electrons. The van der Waals surface area contributed by atoms with Crippen LogP contribution in [0, 0.1) is 6.92 Å².